The third kappa shape index (κ3) is 6.55. The van der Waals surface area contributed by atoms with Crippen molar-refractivity contribution in [1.82, 2.24) is 5.32 Å². The molecule has 5 heteroatoms. The van der Waals surface area contributed by atoms with E-state index >= 15 is 0 Å². The minimum atomic E-state index is -0.365. The molecule has 1 N–H and O–H groups in total. The number of nitrogens with one attached hydrogen (secondary N) is 1. The second kappa shape index (κ2) is 9.33. The van der Waals surface area contributed by atoms with Gasteiger partial charge < -0.3 is 19.5 Å². The van der Waals surface area contributed by atoms with Gasteiger partial charge in [0.15, 0.2) is 0 Å². The number of esters is 1. The predicted molar refractivity (Wildman–Crippen MR) is 61.3 cm³/mol. The average Bonchev–Trinajstić information content (AvgIpc) is 2.28. The van der Waals surface area contributed by atoms with Crippen LogP contribution in [-0.4, -0.2) is 52.6 Å². The molecule has 0 heterocycles. The smallest absolute Gasteiger partial charge is 0.334 e. The van der Waals surface area contributed by atoms with Crippen LogP contribution in [0.1, 0.15) is 6.92 Å². The standard InChI is InChI=1S/C11H21NO4/c1-5-16-11(13)9(2)6-12-7-10(15-4)8-14-3/h10,12H,2,5-8H2,1,3-4H3. The Kier molecular flexibility index (Phi) is 8.80. The Morgan fingerprint density at radius 3 is 2.62 bits per heavy atom. The Labute approximate surface area is 96.8 Å². The number of methoxy groups -OCH3 is 2. The van der Waals surface area contributed by atoms with Crippen molar-refractivity contribution in [1.29, 1.82) is 0 Å². The summed E-state index contributed by atoms with van der Waals surface area (Å²) in [4.78, 5) is 11.2. The van der Waals surface area contributed by atoms with E-state index in [-0.39, 0.29) is 12.1 Å². The van der Waals surface area contributed by atoms with E-state index in [0.29, 0.717) is 31.9 Å². The van der Waals surface area contributed by atoms with Crippen LogP contribution in [0.5, 0.6) is 0 Å². The molecular weight excluding hydrogens is 210 g/mol. The number of carbonyl (C=O) groups is 1. The van der Waals surface area contributed by atoms with E-state index in [0.717, 1.165) is 0 Å². The minimum absolute atomic E-state index is 0.0278. The van der Waals surface area contributed by atoms with Crippen molar-refractivity contribution >= 4 is 5.97 Å². The van der Waals surface area contributed by atoms with Gasteiger partial charge in [0.1, 0.15) is 0 Å². The van der Waals surface area contributed by atoms with Gasteiger partial charge >= 0.3 is 5.97 Å². The lowest BCUT2D eigenvalue weighted by molar-refractivity contribution is -0.138. The maximum Gasteiger partial charge on any atom is 0.334 e. The Balaban J connectivity index is 3.71. The molecule has 0 rings (SSSR count). The van der Waals surface area contributed by atoms with Crippen LogP contribution in [-0.2, 0) is 19.0 Å². The van der Waals surface area contributed by atoms with Gasteiger partial charge in [-0.05, 0) is 6.92 Å². The first-order chi connectivity index (χ1) is 7.65. The third-order valence-electron chi connectivity index (χ3n) is 1.96. The van der Waals surface area contributed by atoms with Crippen LogP contribution in [0.15, 0.2) is 12.2 Å². The first-order valence-corrected chi connectivity index (χ1v) is 5.23. The fourth-order valence-corrected chi connectivity index (χ4v) is 1.09. The molecule has 0 bridgehead atoms. The van der Waals surface area contributed by atoms with E-state index in [1.54, 1.807) is 21.1 Å². The number of ether oxygens (including phenoxy) is 3. The molecule has 0 saturated heterocycles. The first-order valence-electron chi connectivity index (χ1n) is 5.23. The summed E-state index contributed by atoms with van der Waals surface area (Å²) in [6.45, 7) is 7.26. The molecule has 1 atom stereocenters. The van der Waals surface area contributed by atoms with Gasteiger partial charge in [0, 0.05) is 32.9 Å². The quantitative estimate of drug-likeness (QED) is 0.458. The van der Waals surface area contributed by atoms with Gasteiger partial charge in [-0.15, -0.1) is 0 Å². The number of hydrogen-bond acceptors (Lipinski definition) is 5. The molecule has 0 aliphatic carbocycles. The number of hydrogen-bond donors (Lipinski definition) is 1. The zero-order valence-electron chi connectivity index (χ0n) is 10.2. The highest BCUT2D eigenvalue weighted by molar-refractivity contribution is 5.88. The van der Waals surface area contributed by atoms with Crippen molar-refractivity contribution in [3.63, 3.8) is 0 Å². The SMILES string of the molecule is C=C(CNCC(COC)OC)C(=O)OCC. The topological polar surface area (TPSA) is 56.8 Å². The molecular formula is C11H21NO4. The lowest BCUT2D eigenvalue weighted by Crippen LogP contribution is -2.33. The third-order valence-corrected chi connectivity index (χ3v) is 1.96. The van der Waals surface area contributed by atoms with Crippen molar-refractivity contribution in [3.8, 4) is 0 Å². The minimum Gasteiger partial charge on any atom is -0.463 e. The van der Waals surface area contributed by atoms with E-state index in [9.17, 15) is 4.79 Å². The van der Waals surface area contributed by atoms with Gasteiger partial charge in [0.05, 0.1) is 19.3 Å². The van der Waals surface area contributed by atoms with E-state index < -0.39 is 0 Å². The Morgan fingerprint density at radius 1 is 1.44 bits per heavy atom. The number of rotatable bonds is 9. The van der Waals surface area contributed by atoms with Gasteiger partial charge in [0.2, 0.25) is 0 Å². The van der Waals surface area contributed by atoms with E-state index in [1.807, 2.05) is 0 Å². The zero-order valence-corrected chi connectivity index (χ0v) is 10.2. The summed E-state index contributed by atoms with van der Waals surface area (Å²) >= 11 is 0. The molecule has 0 amide bonds. The lowest BCUT2D eigenvalue weighted by Gasteiger charge is -2.15. The van der Waals surface area contributed by atoms with E-state index in [2.05, 4.69) is 11.9 Å². The highest BCUT2D eigenvalue weighted by atomic mass is 16.5. The molecule has 0 aliphatic rings. The van der Waals surface area contributed by atoms with Crippen LogP contribution in [0.25, 0.3) is 0 Å². The maximum atomic E-state index is 11.2. The maximum absolute atomic E-state index is 11.2. The summed E-state index contributed by atoms with van der Waals surface area (Å²) in [5.74, 6) is -0.365. The van der Waals surface area contributed by atoms with Crippen LogP contribution >= 0.6 is 0 Å². The molecule has 0 radical (unpaired) electrons. The Morgan fingerprint density at radius 2 is 2.12 bits per heavy atom. The normalized spacial score (nSPS) is 12.2. The van der Waals surface area contributed by atoms with E-state index in [4.69, 9.17) is 14.2 Å². The monoisotopic (exact) mass is 231 g/mol. The first kappa shape index (κ1) is 15.1. The fraction of sp³-hybridized carbons (Fsp3) is 0.727. The molecule has 0 fully saturated rings. The molecule has 0 spiro atoms. The van der Waals surface area contributed by atoms with Crippen molar-refractivity contribution < 1.29 is 19.0 Å². The van der Waals surface area contributed by atoms with Crippen LogP contribution in [0.4, 0.5) is 0 Å². The highest BCUT2D eigenvalue weighted by Gasteiger charge is 2.09. The Hall–Kier alpha value is -0.910. The largest absolute Gasteiger partial charge is 0.463 e. The summed E-state index contributed by atoms with van der Waals surface area (Å²) in [6, 6.07) is 0. The van der Waals surface area contributed by atoms with Crippen LogP contribution < -0.4 is 5.32 Å². The molecule has 0 aromatic carbocycles. The van der Waals surface area contributed by atoms with Crippen LogP contribution in [0.2, 0.25) is 0 Å². The zero-order chi connectivity index (χ0) is 12.4. The number of carbonyl (C=O) groups excluding carboxylic acids is 1. The molecule has 5 nitrogen and oxygen atoms in total. The summed E-state index contributed by atoms with van der Waals surface area (Å²) in [5.41, 5.74) is 0.411. The fourth-order valence-electron chi connectivity index (χ4n) is 1.09. The van der Waals surface area contributed by atoms with Crippen LogP contribution in [0, 0.1) is 0 Å². The molecule has 0 aromatic rings. The molecule has 0 saturated carbocycles. The van der Waals surface area contributed by atoms with Crippen molar-refractivity contribution in [2.45, 2.75) is 13.0 Å². The van der Waals surface area contributed by atoms with Crippen molar-refractivity contribution in [3.05, 3.63) is 12.2 Å². The van der Waals surface area contributed by atoms with E-state index in [1.165, 1.54) is 0 Å². The summed E-state index contributed by atoms with van der Waals surface area (Å²) in [6.07, 6.45) is -0.0278. The summed E-state index contributed by atoms with van der Waals surface area (Å²) in [5, 5.41) is 3.05. The van der Waals surface area contributed by atoms with Gasteiger partial charge in [0.25, 0.3) is 0 Å². The van der Waals surface area contributed by atoms with Crippen LogP contribution in [0.3, 0.4) is 0 Å². The van der Waals surface area contributed by atoms with Gasteiger partial charge in [-0.1, -0.05) is 6.58 Å². The highest BCUT2D eigenvalue weighted by Crippen LogP contribution is 1.94. The molecule has 1 unspecified atom stereocenters. The summed E-state index contributed by atoms with van der Waals surface area (Å²) in [7, 11) is 3.23. The van der Waals surface area contributed by atoms with Gasteiger partial charge in [-0.2, -0.15) is 0 Å². The van der Waals surface area contributed by atoms with Crippen molar-refractivity contribution in [2.75, 3.05) is 40.5 Å². The Bertz CT molecular complexity index is 218. The molecule has 94 valence electrons. The molecule has 16 heavy (non-hydrogen) atoms. The predicted octanol–water partition coefficient (Wildman–Crippen LogP) is 0.357. The van der Waals surface area contributed by atoms with Gasteiger partial charge in [-0.25, -0.2) is 4.79 Å². The average molecular weight is 231 g/mol. The molecule has 0 aliphatic heterocycles. The lowest BCUT2D eigenvalue weighted by atomic mass is 10.3. The van der Waals surface area contributed by atoms with Crippen molar-refractivity contribution in [2.24, 2.45) is 0 Å². The molecule has 0 aromatic heterocycles. The van der Waals surface area contributed by atoms with Gasteiger partial charge in [-0.3, -0.25) is 0 Å². The second-order valence-electron chi connectivity index (χ2n) is 3.27. The summed E-state index contributed by atoms with van der Waals surface area (Å²) < 4.78 is 14.9. The second-order valence-corrected chi connectivity index (χ2v) is 3.27.